The lowest BCUT2D eigenvalue weighted by Crippen LogP contribution is -1.91. The van der Waals surface area contributed by atoms with E-state index in [-0.39, 0.29) is 5.56 Å². The fourth-order valence-electron chi connectivity index (χ4n) is 0.939. The molecule has 1 aromatic rings. The van der Waals surface area contributed by atoms with Crippen LogP contribution in [-0.2, 0) is 11.3 Å². The summed E-state index contributed by atoms with van der Waals surface area (Å²) in [6.07, 6.45) is -1.89. The van der Waals surface area contributed by atoms with Gasteiger partial charge in [0.1, 0.15) is 0 Å². The van der Waals surface area contributed by atoms with Gasteiger partial charge in [-0.05, 0) is 5.56 Å². The zero-order chi connectivity index (χ0) is 8.97. The molecule has 1 rings (SSSR count). The van der Waals surface area contributed by atoms with E-state index in [0.29, 0.717) is 6.61 Å². The molecule has 0 spiro atoms. The standard InChI is InChI=1S/C9H11FO2/c1-12-6-7-2-4-8(5-3-7)9(10)11/h2-5,9,11H,6H2,1H3. The first-order valence-electron chi connectivity index (χ1n) is 3.64. The van der Waals surface area contributed by atoms with E-state index in [1.54, 1.807) is 31.4 Å². The Kier molecular flexibility index (Phi) is 3.19. The SMILES string of the molecule is COCc1ccc(C(O)F)cc1. The third-order valence-corrected chi connectivity index (χ3v) is 1.57. The largest absolute Gasteiger partial charge is 0.380 e. The molecule has 0 aliphatic rings. The van der Waals surface area contributed by atoms with Gasteiger partial charge in [-0.15, -0.1) is 0 Å². The first kappa shape index (κ1) is 9.16. The number of hydrogen-bond donors (Lipinski definition) is 1. The summed E-state index contributed by atoms with van der Waals surface area (Å²) in [5.41, 5.74) is 1.23. The maximum Gasteiger partial charge on any atom is 0.222 e. The molecule has 1 aromatic carbocycles. The smallest absolute Gasteiger partial charge is 0.222 e. The maximum absolute atomic E-state index is 12.3. The minimum Gasteiger partial charge on any atom is -0.380 e. The van der Waals surface area contributed by atoms with Gasteiger partial charge in [0.2, 0.25) is 6.36 Å². The minimum absolute atomic E-state index is 0.273. The van der Waals surface area contributed by atoms with Crippen LogP contribution in [0.2, 0.25) is 0 Å². The molecule has 0 aliphatic carbocycles. The van der Waals surface area contributed by atoms with E-state index in [1.807, 2.05) is 0 Å². The summed E-state index contributed by atoms with van der Waals surface area (Å²) < 4.78 is 17.1. The minimum atomic E-state index is -1.89. The van der Waals surface area contributed by atoms with Crippen molar-refractivity contribution in [2.24, 2.45) is 0 Å². The van der Waals surface area contributed by atoms with E-state index < -0.39 is 6.36 Å². The quantitative estimate of drug-likeness (QED) is 0.749. The van der Waals surface area contributed by atoms with Crippen molar-refractivity contribution < 1.29 is 14.2 Å². The van der Waals surface area contributed by atoms with Gasteiger partial charge in [0.25, 0.3) is 0 Å². The van der Waals surface area contributed by atoms with Gasteiger partial charge in [0.05, 0.1) is 6.61 Å². The normalized spacial score (nSPS) is 12.9. The average molecular weight is 170 g/mol. The van der Waals surface area contributed by atoms with E-state index >= 15 is 0 Å². The van der Waals surface area contributed by atoms with Crippen LogP contribution in [0, 0.1) is 0 Å². The molecule has 0 saturated heterocycles. The van der Waals surface area contributed by atoms with Crippen molar-refractivity contribution in [3.8, 4) is 0 Å². The molecule has 0 bridgehead atoms. The fourth-order valence-corrected chi connectivity index (χ4v) is 0.939. The predicted molar refractivity (Wildman–Crippen MR) is 43.2 cm³/mol. The summed E-state index contributed by atoms with van der Waals surface area (Å²) in [4.78, 5) is 0. The van der Waals surface area contributed by atoms with Crippen LogP contribution in [0.15, 0.2) is 24.3 Å². The Morgan fingerprint density at radius 1 is 1.42 bits per heavy atom. The van der Waals surface area contributed by atoms with Crippen molar-refractivity contribution in [1.82, 2.24) is 0 Å². The molecule has 12 heavy (non-hydrogen) atoms. The molecule has 0 radical (unpaired) electrons. The second-order valence-corrected chi connectivity index (χ2v) is 2.51. The molecule has 1 unspecified atom stereocenters. The van der Waals surface area contributed by atoms with Crippen LogP contribution in [0.3, 0.4) is 0 Å². The zero-order valence-corrected chi connectivity index (χ0v) is 6.83. The van der Waals surface area contributed by atoms with E-state index in [9.17, 15) is 4.39 Å². The van der Waals surface area contributed by atoms with Gasteiger partial charge in [-0.3, -0.25) is 0 Å². The monoisotopic (exact) mass is 170 g/mol. The fraction of sp³-hybridized carbons (Fsp3) is 0.333. The van der Waals surface area contributed by atoms with Crippen LogP contribution < -0.4 is 0 Å². The van der Waals surface area contributed by atoms with Crippen molar-refractivity contribution in [1.29, 1.82) is 0 Å². The third kappa shape index (κ3) is 2.29. The molecule has 2 nitrogen and oxygen atoms in total. The molecule has 0 aromatic heterocycles. The Hall–Kier alpha value is -0.930. The number of benzene rings is 1. The number of alkyl halides is 1. The second-order valence-electron chi connectivity index (χ2n) is 2.51. The highest BCUT2D eigenvalue weighted by Crippen LogP contribution is 2.14. The number of rotatable bonds is 3. The Morgan fingerprint density at radius 2 is 2.00 bits per heavy atom. The zero-order valence-electron chi connectivity index (χ0n) is 6.83. The van der Waals surface area contributed by atoms with Gasteiger partial charge in [-0.25, -0.2) is 4.39 Å². The summed E-state index contributed by atoms with van der Waals surface area (Å²) in [5.74, 6) is 0. The molecule has 0 heterocycles. The second kappa shape index (κ2) is 4.18. The van der Waals surface area contributed by atoms with Gasteiger partial charge in [0.15, 0.2) is 0 Å². The first-order chi connectivity index (χ1) is 5.74. The first-order valence-corrected chi connectivity index (χ1v) is 3.64. The van der Waals surface area contributed by atoms with Crippen LogP contribution in [0.4, 0.5) is 4.39 Å². The summed E-state index contributed by atoms with van der Waals surface area (Å²) in [6, 6.07) is 6.53. The number of aliphatic hydroxyl groups excluding tert-OH is 1. The molecule has 0 aliphatic heterocycles. The molecular formula is C9H11FO2. The summed E-state index contributed by atoms with van der Waals surface area (Å²) in [7, 11) is 1.60. The van der Waals surface area contributed by atoms with Crippen LogP contribution >= 0.6 is 0 Å². The lowest BCUT2D eigenvalue weighted by atomic mass is 10.1. The van der Waals surface area contributed by atoms with E-state index in [2.05, 4.69) is 0 Å². The van der Waals surface area contributed by atoms with Gasteiger partial charge in [0, 0.05) is 12.7 Å². The lowest BCUT2D eigenvalue weighted by molar-refractivity contribution is 0.0411. The van der Waals surface area contributed by atoms with Crippen LogP contribution in [0.5, 0.6) is 0 Å². The number of hydrogen-bond acceptors (Lipinski definition) is 2. The average Bonchev–Trinajstić information content (AvgIpc) is 2.06. The molecule has 0 fully saturated rings. The molecular weight excluding hydrogens is 159 g/mol. The topological polar surface area (TPSA) is 29.5 Å². The Balaban J connectivity index is 2.71. The van der Waals surface area contributed by atoms with Gasteiger partial charge < -0.3 is 9.84 Å². The van der Waals surface area contributed by atoms with Gasteiger partial charge >= 0.3 is 0 Å². The van der Waals surface area contributed by atoms with Crippen molar-refractivity contribution in [2.75, 3.05) is 7.11 Å². The summed E-state index contributed by atoms with van der Waals surface area (Å²) in [5, 5.41) is 8.55. The third-order valence-electron chi connectivity index (χ3n) is 1.57. The van der Waals surface area contributed by atoms with Crippen molar-refractivity contribution >= 4 is 0 Å². The van der Waals surface area contributed by atoms with Crippen molar-refractivity contribution in [3.05, 3.63) is 35.4 Å². The Labute approximate surface area is 70.6 Å². The number of aliphatic hydroxyl groups is 1. The molecule has 1 N–H and O–H groups in total. The summed E-state index contributed by atoms with van der Waals surface area (Å²) >= 11 is 0. The molecule has 66 valence electrons. The van der Waals surface area contributed by atoms with Crippen molar-refractivity contribution in [2.45, 2.75) is 13.0 Å². The van der Waals surface area contributed by atoms with Crippen LogP contribution in [0.25, 0.3) is 0 Å². The predicted octanol–water partition coefficient (Wildman–Crippen LogP) is 1.79. The van der Waals surface area contributed by atoms with Crippen LogP contribution in [-0.4, -0.2) is 12.2 Å². The number of methoxy groups -OCH3 is 1. The molecule has 0 amide bonds. The maximum atomic E-state index is 12.3. The van der Waals surface area contributed by atoms with Crippen LogP contribution in [0.1, 0.15) is 17.5 Å². The molecule has 1 atom stereocenters. The van der Waals surface area contributed by atoms with E-state index in [4.69, 9.17) is 9.84 Å². The number of halogens is 1. The van der Waals surface area contributed by atoms with Crippen molar-refractivity contribution in [3.63, 3.8) is 0 Å². The number of ether oxygens (including phenoxy) is 1. The van der Waals surface area contributed by atoms with E-state index in [0.717, 1.165) is 5.56 Å². The Morgan fingerprint density at radius 3 is 2.42 bits per heavy atom. The lowest BCUT2D eigenvalue weighted by Gasteiger charge is -2.02. The Bertz CT molecular complexity index is 231. The highest BCUT2D eigenvalue weighted by molar-refractivity contribution is 5.22. The van der Waals surface area contributed by atoms with Gasteiger partial charge in [-0.1, -0.05) is 24.3 Å². The van der Waals surface area contributed by atoms with E-state index in [1.165, 1.54) is 0 Å². The molecule has 0 saturated carbocycles. The summed E-state index contributed by atoms with van der Waals surface area (Å²) in [6.45, 7) is 0.503. The highest BCUT2D eigenvalue weighted by Gasteiger charge is 2.02. The highest BCUT2D eigenvalue weighted by atomic mass is 19.1. The van der Waals surface area contributed by atoms with Gasteiger partial charge in [-0.2, -0.15) is 0 Å². The molecule has 3 heteroatoms.